The van der Waals surface area contributed by atoms with Crippen molar-refractivity contribution in [3.8, 4) is 0 Å². The van der Waals surface area contributed by atoms with Crippen LogP contribution in [0.2, 0.25) is 0 Å². The Morgan fingerprint density at radius 2 is 2.05 bits per heavy atom. The van der Waals surface area contributed by atoms with E-state index in [1.165, 1.54) is 30.4 Å². The van der Waals surface area contributed by atoms with E-state index in [1.54, 1.807) is 0 Å². The summed E-state index contributed by atoms with van der Waals surface area (Å²) >= 11 is 0. The first-order valence-corrected chi connectivity index (χ1v) is 7.52. The van der Waals surface area contributed by atoms with Crippen LogP contribution in [0.1, 0.15) is 43.0 Å². The fourth-order valence-corrected chi connectivity index (χ4v) is 2.31. The molecule has 1 aromatic carbocycles. The lowest BCUT2D eigenvalue weighted by molar-refractivity contribution is 0.746. The molecule has 0 spiro atoms. The lowest BCUT2D eigenvalue weighted by atomic mass is 10.0. The minimum atomic E-state index is 0.983. The number of imidazole rings is 1. The minimum Gasteiger partial charge on any atom is -0.337 e. The summed E-state index contributed by atoms with van der Waals surface area (Å²) in [7, 11) is 0. The van der Waals surface area contributed by atoms with Crippen molar-refractivity contribution in [1.82, 2.24) is 9.55 Å². The van der Waals surface area contributed by atoms with Gasteiger partial charge in [0.25, 0.3) is 0 Å². The van der Waals surface area contributed by atoms with Crippen molar-refractivity contribution >= 4 is 6.08 Å². The smallest absolute Gasteiger partial charge is 0.0953 e. The monoisotopic (exact) mass is 268 g/mol. The highest BCUT2D eigenvalue weighted by Gasteiger charge is 1.96. The van der Waals surface area contributed by atoms with Crippen LogP contribution in [0, 0.1) is 6.92 Å². The molecule has 0 aliphatic heterocycles. The van der Waals surface area contributed by atoms with E-state index >= 15 is 0 Å². The fourth-order valence-electron chi connectivity index (χ4n) is 2.31. The SMILES string of the molecule is CCn1cnc(C=CCCCCc2ccccc2C)c1. The predicted octanol–water partition coefficient (Wildman–Crippen LogP) is 4.64. The molecule has 1 heterocycles. The second-order valence-electron chi connectivity index (χ2n) is 5.20. The topological polar surface area (TPSA) is 17.8 Å². The number of allylic oxidation sites excluding steroid dienone is 1. The molecule has 1 aromatic heterocycles. The van der Waals surface area contributed by atoms with Gasteiger partial charge in [-0.25, -0.2) is 4.98 Å². The second kappa shape index (κ2) is 7.68. The second-order valence-corrected chi connectivity index (χ2v) is 5.20. The lowest BCUT2D eigenvalue weighted by Gasteiger charge is -2.04. The van der Waals surface area contributed by atoms with E-state index in [0.29, 0.717) is 0 Å². The maximum Gasteiger partial charge on any atom is 0.0953 e. The van der Waals surface area contributed by atoms with E-state index in [1.807, 2.05) is 6.33 Å². The number of nitrogens with zero attached hydrogens (tertiary/aromatic N) is 2. The van der Waals surface area contributed by atoms with Gasteiger partial charge >= 0.3 is 0 Å². The van der Waals surface area contributed by atoms with Gasteiger partial charge in [0.15, 0.2) is 0 Å². The maximum atomic E-state index is 4.34. The molecule has 0 fully saturated rings. The summed E-state index contributed by atoms with van der Waals surface area (Å²) in [4.78, 5) is 4.34. The van der Waals surface area contributed by atoms with Crippen molar-refractivity contribution in [3.05, 3.63) is 59.7 Å². The molecule has 20 heavy (non-hydrogen) atoms. The Balaban J connectivity index is 1.68. The Morgan fingerprint density at radius 3 is 2.80 bits per heavy atom. The molecule has 0 amide bonds. The van der Waals surface area contributed by atoms with Crippen molar-refractivity contribution in [3.63, 3.8) is 0 Å². The highest BCUT2D eigenvalue weighted by molar-refractivity contribution is 5.42. The fraction of sp³-hybridized carbons (Fsp3) is 0.389. The Bertz CT molecular complexity index is 552. The van der Waals surface area contributed by atoms with Gasteiger partial charge in [0.05, 0.1) is 12.0 Å². The van der Waals surface area contributed by atoms with Crippen molar-refractivity contribution in [2.75, 3.05) is 0 Å². The standard InChI is InChI=1S/C18H24N2/c1-3-20-14-18(19-15-20)13-7-5-4-6-11-17-12-9-8-10-16(17)2/h7-10,12-15H,3-6,11H2,1-2H3. The molecule has 0 radical (unpaired) electrons. The van der Waals surface area contributed by atoms with Crippen molar-refractivity contribution in [2.45, 2.75) is 46.1 Å². The van der Waals surface area contributed by atoms with Crippen LogP contribution in [-0.4, -0.2) is 9.55 Å². The normalized spacial score (nSPS) is 11.3. The molecule has 0 N–H and O–H groups in total. The average molecular weight is 268 g/mol. The first-order valence-electron chi connectivity index (χ1n) is 7.52. The molecule has 0 aliphatic rings. The molecule has 2 aromatic rings. The van der Waals surface area contributed by atoms with E-state index in [9.17, 15) is 0 Å². The van der Waals surface area contributed by atoms with E-state index in [2.05, 4.69) is 66.0 Å². The highest BCUT2D eigenvalue weighted by atomic mass is 15.0. The molecule has 0 unspecified atom stereocenters. The number of aromatic nitrogens is 2. The number of rotatable bonds is 7. The first-order chi connectivity index (χ1) is 9.79. The summed E-state index contributed by atoms with van der Waals surface area (Å²) in [5.41, 5.74) is 3.96. The number of hydrogen-bond donors (Lipinski definition) is 0. The molecular formula is C18H24N2. The minimum absolute atomic E-state index is 0.983. The summed E-state index contributed by atoms with van der Waals surface area (Å²) in [5.74, 6) is 0. The third kappa shape index (κ3) is 4.37. The van der Waals surface area contributed by atoms with Gasteiger partial charge in [0.2, 0.25) is 0 Å². The molecule has 0 saturated heterocycles. The van der Waals surface area contributed by atoms with E-state index < -0.39 is 0 Å². The van der Waals surface area contributed by atoms with Gasteiger partial charge in [0.1, 0.15) is 0 Å². The van der Waals surface area contributed by atoms with Gasteiger partial charge in [-0.2, -0.15) is 0 Å². The van der Waals surface area contributed by atoms with Gasteiger partial charge in [-0.05, 0) is 56.7 Å². The Hall–Kier alpha value is -1.83. The lowest BCUT2D eigenvalue weighted by Crippen LogP contribution is -1.88. The van der Waals surface area contributed by atoms with Crippen molar-refractivity contribution in [1.29, 1.82) is 0 Å². The van der Waals surface area contributed by atoms with Crippen LogP contribution in [0.3, 0.4) is 0 Å². The number of benzene rings is 1. The number of hydrogen-bond acceptors (Lipinski definition) is 1. The van der Waals surface area contributed by atoms with E-state index in [4.69, 9.17) is 0 Å². The molecule has 0 saturated carbocycles. The van der Waals surface area contributed by atoms with Gasteiger partial charge in [-0.1, -0.05) is 30.3 Å². The molecule has 2 heteroatoms. The highest BCUT2D eigenvalue weighted by Crippen LogP contribution is 2.12. The zero-order valence-electron chi connectivity index (χ0n) is 12.5. The summed E-state index contributed by atoms with van der Waals surface area (Å²) in [5, 5.41) is 0. The van der Waals surface area contributed by atoms with Crippen molar-refractivity contribution in [2.24, 2.45) is 0 Å². The summed E-state index contributed by atoms with van der Waals surface area (Å²) in [6.07, 6.45) is 13.1. The van der Waals surface area contributed by atoms with Crippen LogP contribution < -0.4 is 0 Å². The molecule has 0 aliphatic carbocycles. The third-order valence-electron chi connectivity index (χ3n) is 3.64. The molecule has 0 bridgehead atoms. The number of unbranched alkanes of at least 4 members (excludes halogenated alkanes) is 2. The van der Waals surface area contributed by atoms with Crippen LogP contribution in [0.4, 0.5) is 0 Å². The van der Waals surface area contributed by atoms with Crippen LogP contribution in [0.5, 0.6) is 0 Å². The summed E-state index contributed by atoms with van der Waals surface area (Å²) < 4.78 is 2.10. The Labute approximate surface area is 122 Å². The zero-order valence-corrected chi connectivity index (χ0v) is 12.5. The molecule has 2 rings (SSSR count). The summed E-state index contributed by atoms with van der Waals surface area (Å²) in [6, 6.07) is 8.67. The van der Waals surface area contributed by atoms with Crippen LogP contribution >= 0.6 is 0 Å². The van der Waals surface area contributed by atoms with Crippen molar-refractivity contribution < 1.29 is 0 Å². The van der Waals surface area contributed by atoms with Crippen LogP contribution in [0.15, 0.2) is 42.9 Å². The zero-order chi connectivity index (χ0) is 14.2. The average Bonchev–Trinajstić information content (AvgIpc) is 2.92. The Morgan fingerprint density at radius 1 is 1.20 bits per heavy atom. The van der Waals surface area contributed by atoms with Crippen LogP contribution in [0.25, 0.3) is 6.08 Å². The van der Waals surface area contributed by atoms with E-state index in [0.717, 1.165) is 18.7 Å². The Kier molecular flexibility index (Phi) is 5.60. The van der Waals surface area contributed by atoms with Gasteiger partial charge in [-0.15, -0.1) is 0 Å². The van der Waals surface area contributed by atoms with Gasteiger partial charge in [0, 0.05) is 12.7 Å². The maximum absolute atomic E-state index is 4.34. The predicted molar refractivity (Wildman–Crippen MR) is 85.7 cm³/mol. The van der Waals surface area contributed by atoms with Gasteiger partial charge in [-0.3, -0.25) is 0 Å². The molecule has 0 atom stereocenters. The van der Waals surface area contributed by atoms with Crippen LogP contribution in [-0.2, 0) is 13.0 Å². The summed E-state index contributed by atoms with van der Waals surface area (Å²) in [6.45, 7) is 5.30. The number of aryl methyl sites for hydroxylation is 3. The van der Waals surface area contributed by atoms with E-state index in [-0.39, 0.29) is 0 Å². The molecular weight excluding hydrogens is 244 g/mol. The molecule has 2 nitrogen and oxygen atoms in total. The third-order valence-corrected chi connectivity index (χ3v) is 3.64. The largest absolute Gasteiger partial charge is 0.337 e. The molecule has 106 valence electrons. The first kappa shape index (κ1) is 14.6. The van der Waals surface area contributed by atoms with Gasteiger partial charge < -0.3 is 4.57 Å². The quantitative estimate of drug-likeness (QED) is 0.669.